The number of hydrogen-bond donors (Lipinski definition) is 1. The molecule has 2 rings (SSSR count). The van der Waals surface area contributed by atoms with Crippen LogP contribution < -0.4 is 10.5 Å². The van der Waals surface area contributed by atoms with Crippen molar-refractivity contribution in [2.24, 2.45) is 7.05 Å². The van der Waals surface area contributed by atoms with E-state index < -0.39 is 5.82 Å². The molecule has 0 unspecified atom stereocenters. The fourth-order valence-electron chi connectivity index (χ4n) is 1.28. The van der Waals surface area contributed by atoms with Crippen LogP contribution in [0.2, 0.25) is 0 Å². The summed E-state index contributed by atoms with van der Waals surface area (Å²) < 4.78 is 20.5. The lowest BCUT2D eigenvalue weighted by molar-refractivity contribution is 0.301. The quantitative estimate of drug-likeness (QED) is 0.879. The van der Waals surface area contributed by atoms with E-state index in [1.54, 1.807) is 17.9 Å². The van der Waals surface area contributed by atoms with Crippen molar-refractivity contribution in [1.82, 2.24) is 15.0 Å². The van der Waals surface area contributed by atoms with Crippen molar-refractivity contribution in [3.8, 4) is 5.75 Å². The van der Waals surface area contributed by atoms with Gasteiger partial charge in [-0.1, -0.05) is 5.21 Å². The second-order valence-electron chi connectivity index (χ2n) is 3.48. The van der Waals surface area contributed by atoms with Gasteiger partial charge < -0.3 is 10.5 Å². The van der Waals surface area contributed by atoms with Crippen LogP contribution >= 0.6 is 15.9 Å². The highest BCUT2D eigenvalue weighted by Gasteiger charge is 2.08. The minimum absolute atomic E-state index is 0.194. The van der Waals surface area contributed by atoms with Gasteiger partial charge in [-0.2, -0.15) is 0 Å². The molecule has 1 aromatic heterocycles. The Hall–Kier alpha value is -1.63. The average Bonchev–Trinajstić information content (AvgIpc) is 2.68. The number of nitrogens with two attached hydrogens (primary N) is 1. The number of benzene rings is 1. The van der Waals surface area contributed by atoms with Gasteiger partial charge in [-0.05, 0) is 22.0 Å². The van der Waals surface area contributed by atoms with Crippen molar-refractivity contribution in [1.29, 1.82) is 0 Å². The van der Waals surface area contributed by atoms with Crippen LogP contribution in [0.3, 0.4) is 0 Å². The normalized spacial score (nSPS) is 10.5. The number of rotatable bonds is 3. The summed E-state index contributed by atoms with van der Waals surface area (Å²) in [6, 6.07) is 2.69. The molecule has 0 radical (unpaired) electrons. The van der Waals surface area contributed by atoms with Gasteiger partial charge in [0.15, 0.2) is 0 Å². The number of ether oxygens (including phenoxy) is 1. The third-order valence-corrected chi connectivity index (χ3v) is 2.69. The van der Waals surface area contributed by atoms with E-state index in [1.165, 1.54) is 12.1 Å². The van der Waals surface area contributed by atoms with Gasteiger partial charge in [0, 0.05) is 13.1 Å². The Bertz CT molecular complexity index is 543. The van der Waals surface area contributed by atoms with Gasteiger partial charge >= 0.3 is 0 Å². The molecule has 7 heteroatoms. The molecule has 0 amide bonds. The Morgan fingerprint density at radius 1 is 1.53 bits per heavy atom. The SMILES string of the molecule is Cn1cc(COc2cc(F)c(Br)cc2N)nn1. The van der Waals surface area contributed by atoms with Crippen LogP contribution in [0.1, 0.15) is 5.69 Å². The molecule has 2 N–H and O–H groups in total. The molecular formula is C10H10BrFN4O. The third kappa shape index (κ3) is 2.73. The van der Waals surface area contributed by atoms with E-state index in [-0.39, 0.29) is 12.4 Å². The van der Waals surface area contributed by atoms with E-state index in [0.29, 0.717) is 15.9 Å². The number of aryl methyl sites for hydroxylation is 1. The standard InChI is InChI=1S/C10H10BrFN4O/c1-16-4-6(14-15-16)5-17-10-3-8(12)7(11)2-9(10)13/h2-4H,5,13H2,1H3. The van der Waals surface area contributed by atoms with Crippen molar-refractivity contribution in [3.63, 3.8) is 0 Å². The van der Waals surface area contributed by atoms with Crippen LogP contribution in [0.5, 0.6) is 5.75 Å². The predicted octanol–water partition coefficient (Wildman–Crippen LogP) is 1.88. The topological polar surface area (TPSA) is 66.0 Å². The third-order valence-electron chi connectivity index (χ3n) is 2.08. The van der Waals surface area contributed by atoms with Crippen molar-refractivity contribution in [2.75, 3.05) is 5.73 Å². The summed E-state index contributed by atoms with van der Waals surface area (Å²) in [5.41, 5.74) is 6.71. The van der Waals surface area contributed by atoms with E-state index in [1.807, 2.05) is 0 Å². The molecule has 0 bridgehead atoms. The number of nitrogen functional groups attached to an aromatic ring is 1. The van der Waals surface area contributed by atoms with Crippen LogP contribution in [-0.4, -0.2) is 15.0 Å². The summed E-state index contributed by atoms with van der Waals surface area (Å²) >= 11 is 3.04. The number of hydrogen-bond acceptors (Lipinski definition) is 4. The van der Waals surface area contributed by atoms with Crippen molar-refractivity contribution in [3.05, 3.63) is 34.3 Å². The molecule has 90 valence electrons. The predicted molar refractivity (Wildman–Crippen MR) is 63.8 cm³/mol. The molecule has 17 heavy (non-hydrogen) atoms. The van der Waals surface area contributed by atoms with Crippen LogP contribution in [0, 0.1) is 5.82 Å². The Balaban J connectivity index is 2.11. The molecule has 0 aliphatic rings. The maximum Gasteiger partial charge on any atom is 0.145 e. The molecule has 1 aromatic carbocycles. The van der Waals surface area contributed by atoms with Gasteiger partial charge in [-0.15, -0.1) is 5.10 Å². The highest BCUT2D eigenvalue weighted by atomic mass is 79.9. The number of halogens is 2. The smallest absolute Gasteiger partial charge is 0.145 e. The molecule has 1 heterocycles. The van der Waals surface area contributed by atoms with Crippen LogP contribution in [-0.2, 0) is 13.7 Å². The molecule has 0 saturated carbocycles. The molecule has 0 atom stereocenters. The zero-order chi connectivity index (χ0) is 12.4. The molecule has 0 spiro atoms. The molecule has 5 nitrogen and oxygen atoms in total. The van der Waals surface area contributed by atoms with Crippen molar-refractivity contribution in [2.45, 2.75) is 6.61 Å². The maximum atomic E-state index is 13.3. The zero-order valence-electron chi connectivity index (χ0n) is 9.02. The van der Waals surface area contributed by atoms with Gasteiger partial charge in [-0.3, -0.25) is 4.68 Å². The summed E-state index contributed by atoms with van der Waals surface area (Å²) in [6.07, 6.45) is 1.71. The van der Waals surface area contributed by atoms with Gasteiger partial charge in [-0.25, -0.2) is 4.39 Å². The molecule has 0 saturated heterocycles. The summed E-state index contributed by atoms with van der Waals surface area (Å²) in [5, 5.41) is 7.60. The lowest BCUT2D eigenvalue weighted by atomic mass is 10.3. The van der Waals surface area contributed by atoms with E-state index in [9.17, 15) is 4.39 Å². The number of anilines is 1. The first-order valence-corrected chi connectivity index (χ1v) is 5.58. The molecule has 2 aromatic rings. The molecule has 0 fully saturated rings. The molecule has 0 aliphatic heterocycles. The second-order valence-corrected chi connectivity index (χ2v) is 4.33. The Kier molecular flexibility index (Phi) is 3.28. The van der Waals surface area contributed by atoms with E-state index >= 15 is 0 Å². The second kappa shape index (κ2) is 4.70. The number of aromatic nitrogens is 3. The lowest BCUT2D eigenvalue weighted by Crippen LogP contribution is -2.00. The van der Waals surface area contributed by atoms with Crippen molar-refractivity contribution < 1.29 is 9.13 Å². The zero-order valence-corrected chi connectivity index (χ0v) is 10.6. The van der Waals surface area contributed by atoms with Crippen LogP contribution in [0.15, 0.2) is 22.8 Å². The fraction of sp³-hybridized carbons (Fsp3) is 0.200. The molecular weight excluding hydrogens is 291 g/mol. The minimum Gasteiger partial charge on any atom is -0.485 e. The van der Waals surface area contributed by atoms with Gasteiger partial charge in [0.05, 0.1) is 16.4 Å². The fourth-order valence-corrected chi connectivity index (χ4v) is 1.64. The largest absolute Gasteiger partial charge is 0.485 e. The van der Waals surface area contributed by atoms with E-state index in [0.717, 1.165) is 0 Å². The Labute approximate surface area is 106 Å². The minimum atomic E-state index is -0.423. The molecule has 0 aliphatic carbocycles. The lowest BCUT2D eigenvalue weighted by Gasteiger charge is -2.08. The average molecular weight is 301 g/mol. The Morgan fingerprint density at radius 2 is 2.29 bits per heavy atom. The first kappa shape index (κ1) is 11.8. The van der Waals surface area contributed by atoms with Gasteiger partial charge in [0.1, 0.15) is 23.9 Å². The van der Waals surface area contributed by atoms with E-state index in [2.05, 4.69) is 26.2 Å². The van der Waals surface area contributed by atoms with Gasteiger partial charge in [0.25, 0.3) is 0 Å². The monoisotopic (exact) mass is 300 g/mol. The first-order valence-electron chi connectivity index (χ1n) is 4.79. The summed E-state index contributed by atoms with van der Waals surface area (Å²) in [6.45, 7) is 0.194. The van der Waals surface area contributed by atoms with Crippen LogP contribution in [0.25, 0.3) is 0 Å². The van der Waals surface area contributed by atoms with Gasteiger partial charge in [0.2, 0.25) is 0 Å². The summed E-state index contributed by atoms with van der Waals surface area (Å²) in [5.74, 6) is -0.135. The first-order chi connectivity index (χ1) is 8.06. The highest BCUT2D eigenvalue weighted by Crippen LogP contribution is 2.28. The number of nitrogens with zero attached hydrogens (tertiary/aromatic N) is 3. The maximum absolute atomic E-state index is 13.3. The van der Waals surface area contributed by atoms with Crippen LogP contribution in [0.4, 0.5) is 10.1 Å². The summed E-state index contributed by atoms with van der Waals surface area (Å²) in [7, 11) is 1.75. The Morgan fingerprint density at radius 3 is 2.94 bits per heavy atom. The highest BCUT2D eigenvalue weighted by molar-refractivity contribution is 9.10. The summed E-state index contributed by atoms with van der Waals surface area (Å²) in [4.78, 5) is 0. The van der Waals surface area contributed by atoms with Crippen molar-refractivity contribution >= 4 is 21.6 Å². The van der Waals surface area contributed by atoms with E-state index in [4.69, 9.17) is 10.5 Å².